The number of nitrogens with zero attached hydrogens (tertiary/aromatic N) is 4. The zero-order valence-electron chi connectivity index (χ0n) is 14.3. The molecule has 1 heterocycles. The molecule has 2 aromatic carbocycles. The van der Waals surface area contributed by atoms with Crippen LogP contribution in [-0.2, 0) is 15.3 Å². The van der Waals surface area contributed by atoms with E-state index >= 15 is 0 Å². The van der Waals surface area contributed by atoms with Gasteiger partial charge in [-0.25, -0.2) is 0 Å². The van der Waals surface area contributed by atoms with E-state index < -0.39 is 5.97 Å². The largest absolute Gasteiger partial charge is 0.481 e. The van der Waals surface area contributed by atoms with Gasteiger partial charge in [-0.1, -0.05) is 18.2 Å². The summed E-state index contributed by atoms with van der Waals surface area (Å²) in [6.07, 6.45) is -0.232. The summed E-state index contributed by atoms with van der Waals surface area (Å²) >= 11 is 1.57. The van der Waals surface area contributed by atoms with Crippen LogP contribution in [0.3, 0.4) is 0 Å². The van der Waals surface area contributed by atoms with E-state index in [0.717, 1.165) is 16.4 Å². The summed E-state index contributed by atoms with van der Waals surface area (Å²) in [4.78, 5) is 23.1. The zero-order chi connectivity index (χ0) is 19.1. The predicted molar refractivity (Wildman–Crippen MR) is 101 cm³/mol. The van der Waals surface area contributed by atoms with Crippen LogP contribution in [0.15, 0.2) is 59.5 Å². The van der Waals surface area contributed by atoms with E-state index in [4.69, 9.17) is 5.11 Å². The molecule has 8 nitrogen and oxygen atoms in total. The Bertz CT molecular complexity index is 912. The first-order valence-electron chi connectivity index (χ1n) is 8.19. The van der Waals surface area contributed by atoms with E-state index in [-0.39, 0.29) is 18.7 Å². The first-order chi connectivity index (χ1) is 13.1. The van der Waals surface area contributed by atoms with Crippen molar-refractivity contribution in [1.29, 1.82) is 0 Å². The summed E-state index contributed by atoms with van der Waals surface area (Å²) in [6, 6.07) is 17.0. The molecule has 0 radical (unpaired) electrons. The van der Waals surface area contributed by atoms with Crippen molar-refractivity contribution in [1.82, 2.24) is 20.2 Å². The molecular weight excluding hydrogens is 366 g/mol. The average Bonchev–Trinajstić information content (AvgIpc) is 3.15. The Morgan fingerprint density at radius 1 is 1.04 bits per heavy atom. The summed E-state index contributed by atoms with van der Waals surface area (Å²) in [5, 5.41) is 23.1. The number of nitrogens with one attached hydrogen (secondary N) is 1. The number of aromatic nitrogens is 4. The van der Waals surface area contributed by atoms with Gasteiger partial charge in [-0.05, 0) is 46.8 Å². The molecule has 0 bridgehead atoms. The van der Waals surface area contributed by atoms with Crippen LogP contribution < -0.4 is 5.32 Å². The molecule has 0 spiro atoms. The van der Waals surface area contributed by atoms with Gasteiger partial charge >= 0.3 is 5.97 Å². The van der Waals surface area contributed by atoms with E-state index in [1.54, 1.807) is 28.6 Å². The van der Waals surface area contributed by atoms with Crippen LogP contribution in [0.1, 0.15) is 18.7 Å². The van der Waals surface area contributed by atoms with Gasteiger partial charge in [0.2, 0.25) is 5.91 Å². The van der Waals surface area contributed by atoms with Crippen molar-refractivity contribution in [2.45, 2.75) is 23.5 Å². The maximum Gasteiger partial charge on any atom is 0.303 e. The number of rotatable bonds is 8. The lowest BCUT2D eigenvalue weighted by Crippen LogP contribution is -2.13. The number of aliphatic carboxylic acids is 1. The number of hydrogen-bond acceptors (Lipinski definition) is 6. The number of benzene rings is 2. The molecule has 0 atom stereocenters. The normalized spacial score (nSPS) is 10.5. The summed E-state index contributed by atoms with van der Waals surface area (Å²) in [6.45, 7) is 0. The molecule has 0 saturated carbocycles. The second-order valence-electron chi connectivity index (χ2n) is 5.60. The molecule has 0 aliphatic carbocycles. The topological polar surface area (TPSA) is 110 Å². The van der Waals surface area contributed by atoms with Gasteiger partial charge in [0.15, 0.2) is 5.82 Å². The highest BCUT2D eigenvalue weighted by atomic mass is 32.2. The summed E-state index contributed by atoms with van der Waals surface area (Å²) in [7, 11) is 0. The minimum Gasteiger partial charge on any atom is -0.481 e. The van der Waals surface area contributed by atoms with Crippen molar-refractivity contribution >= 4 is 29.3 Å². The Morgan fingerprint density at radius 2 is 1.78 bits per heavy atom. The summed E-state index contributed by atoms with van der Waals surface area (Å²) < 4.78 is 1.70. The third kappa shape index (κ3) is 5.38. The number of thioether (sulfide) groups is 1. The summed E-state index contributed by atoms with van der Waals surface area (Å²) in [5.41, 5.74) is 1.53. The second kappa shape index (κ2) is 8.95. The quantitative estimate of drug-likeness (QED) is 0.576. The van der Waals surface area contributed by atoms with Gasteiger partial charge in [0, 0.05) is 17.0 Å². The van der Waals surface area contributed by atoms with Crippen molar-refractivity contribution in [2.24, 2.45) is 0 Å². The molecule has 9 heteroatoms. The standard InChI is InChI=1S/C18H17N5O3S/c24-17(10-11-18(25)26)19-13-6-8-15(9-7-13)27-12-16-20-21-22-23(16)14-4-2-1-3-5-14/h1-9H,10-12H2,(H,19,24)(H,25,26). The molecule has 2 N–H and O–H groups in total. The molecule has 0 saturated heterocycles. The SMILES string of the molecule is O=C(O)CCC(=O)Nc1ccc(SCc2nnnn2-c2ccccc2)cc1. The van der Waals surface area contributed by atoms with Crippen LogP contribution in [0.25, 0.3) is 5.69 Å². The Kier molecular flexibility index (Phi) is 6.16. The Hall–Kier alpha value is -3.20. The van der Waals surface area contributed by atoms with Gasteiger partial charge in [-0.15, -0.1) is 16.9 Å². The minimum absolute atomic E-state index is 0.0476. The first kappa shape index (κ1) is 18.6. The van der Waals surface area contributed by atoms with Crippen LogP contribution in [-0.4, -0.2) is 37.2 Å². The molecule has 0 fully saturated rings. The average molecular weight is 383 g/mol. The van der Waals surface area contributed by atoms with Gasteiger partial charge < -0.3 is 10.4 Å². The van der Waals surface area contributed by atoms with E-state index in [9.17, 15) is 9.59 Å². The predicted octanol–water partition coefficient (Wildman–Crippen LogP) is 2.76. The maximum absolute atomic E-state index is 11.7. The Labute approximate surface area is 159 Å². The number of hydrogen-bond donors (Lipinski definition) is 2. The van der Waals surface area contributed by atoms with Gasteiger partial charge in [0.1, 0.15) is 0 Å². The second-order valence-corrected chi connectivity index (χ2v) is 6.65. The lowest BCUT2D eigenvalue weighted by atomic mass is 10.2. The highest BCUT2D eigenvalue weighted by molar-refractivity contribution is 7.98. The number of carboxylic acid groups (broad SMARTS) is 1. The smallest absolute Gasteiger partial charge is 0.303 e. The third-order valence-corrected chi connectivity index (χ3v) is 4.61. The molecule has 0 aliphatic heterocycles. The first-order valence-corrected chi connectivity index (χ1v) is 9.17. The van der Waals surface area contributed by atoms with Crippen molar-refractivity contribution in [2.75, 3.05) is 5.32 Å². The minimum atomic E-state index is -0.991. The van der Waals surface area contributed by atoms with E-state index in [1.807, 2.05) is 42.5 Å². The van der Waals surface area contributed by atoms with Crippen molar-refractivity contribution < 1.29 is 14.7 Å². The number of para-hydroxylation sites is 1. The van der Waals surface area contributed by atoms with E-state index in [0.29, 0.717) is 11.4 Å². The van der Waals surface area contributed by atoms with Crippen molar-refractivity contribution in [3.8, 4) is 5.69 Å². The molecule has 0 aliphatic rings. The molecule has 1 amide bonds. The van der Waals surface area contributed by atoms with E-state index in [1.165, 1.54) is 0 Å². The molecule has 3 rings (SSSR count). The lowest BCUT2D eigenvalue weighted by molar-refractivity contribution is -0.138. The lowest BCUT2D eigenvalue weighted by Gasteiger charge is -2.06. The number of carboxylic acids is 1. The fourth-order valence-electron chi connectivity index (χ4n) is 2.29. The van der Waals surface area contributed by atoms with Crippen LogP contribution in [0.4, 0.5) is 5.69 Å². The maximum atomic E-state index is 11.7. The fourth-order valence-corrected chi connectivity index (χ4v) is 3.10. The number of carbonyl (C=O) groups excluding carboxylic acids is 1. The van der Waals surface area contributed by atoms with Crippen LogP contribution >= 0.6 is 11.8 Å². The molecule has 1 aromatic heterocycles. The number of tetrazole rings is 1. The van der Waals surface area contributed by atoms with Crippen LogP contribution in [0.2, 0.25) is 0 Å². The van der Waals surface area contributed by atoms with Gasteiger partial charge in [0.05, 0.1) is 17.9 Å². The van der Waals surface area contributed by atoms with Gasteiger partial charge in [-0.3, -0.25) is 9.59 Å². The molecule has 0 unspecified atom stereocenters. The number of amides is 1. The molecule has 3 aromatic rings. The highest BCUT2D eigenvalue weighted by Gasteiger charge is 2.09. The van der Waals surface area contributed by atoms with Gasteiger partial charge in [-0.2, -0.15) is 4.68 Å². The monoisotopic (exact) mass is 383 g/mol. The molecule has 27 heavy (non-hydrogen) atoms. The van der Waals surface area contributed by atoms with Gasteiger partial charge in [0.25, 0.3) is 0 Å². The van der Waals surface area contributed by atoms with Crippen molar-refractivity contribution in [3.05, 3.63) is 60.4 Å². The molecular formula is C18H17N5O3S. The van der Waals surface area contributed by atoms with Crippen LogP contribution in [0.5, 0.6) is 0 Å². The highest BCUT2D eigenvalue weighted by Crippen LogP contribution is 2.24. The van der Waals surface area contributed by atoms with Crippen LogP contribution in [0, 0.1) is 0 Å². The summed E-state index contributed by atoms with van der Waals surface area (Å²) in [5.74, 6) is 0.0125. The Morgan fingerprint density at radius 3 is 2.48 bits per heavy atom. The zero-order valence-corrected chi connectivity index (χ0v) is 15.1. The fraction of sp³-hybridized carbons (Fsp3) is 0.167. The number of anilines is 1. The van der Waals surface area contributed by atoms with E-state index in [2.05, 4.69) is 20.8 Å². The van der Waals surface area contributed by atoms with Crippen molar-refractivity contribution in [3.63, 3.8) is 0 Å². The Balaban J connectivity index is 1.56. The number of carbonyl (C=O) groups is 2. The molecule has 138 valence electrons. The third-order valence-electron chi connectivity index (χ3n) is 3.61.